The maximum Gasteiger partial charge on any atom is 0.335 e. The van der Waals surface area contributed by atoms with Gasteiger partial charge in [-0.25, -0.2) is 9.69 Å². The highest BCUT2D eigenvalue weighted by molar-refractivity contribution is 9.10. The number of nitrogens with zero attached hydrogens (tertiary/aromatic N) is 1. The highest BCUT2D eigenvalue weighted by Crippen LogP contribution is 2.33. The first-order chi connectivity index (χ1) is 16.9. The van der Waals surface area contributed by atoms with Gasteiger partial charge in [0.15, 0.2) is 11.5 Å². The number of halogens is 1. The number of hydrogen-bond acceptors (Lipinski definition) is 5. The van der Waals surface area contributed by atoms with Gasteiger partial charge < -0.3 is 9.47 Å². The lowest BCUT2D eigenvalue weighted by Gasteiger charge is -2.26. The molecule has 7 nitrogen and oxygen atoms in total. The molecule has 4 rings (SSSR count). The van der Waals surface area contributed by atoms with Gasteiger partial charge in [-0.05, 0) is 67.4 Å². The molecule has 1 heterocycles. The molecular formula is C27H23BrN2O5. The molecule has 8 heteroatoms. The Morgan fingerprint density at radius 3 is 2.37 bits per heavy atom. The Labute approximate surface area is 211 Å². The molecule has 0 spiro atoms. The molecule has 3 aromatic rings. The highest BCUT2D eigenvalue weighted by atomic mass is 79.9. The van der Waals surface area contributed by atoms with E-state index in [0.29, 0.717) is 29.4 Å². The minimum absolute atomic E-state index is 0.165. The Morgan fingerprint density at radius 1 is 0.971 bits per heavy atom. The van der Waals surface area contributed by atoms with Crippen LogP contribution in [0.5, 0.6) is 11.5 Å². The van der Waals surface area contributed by atoms with Gasteiger partial charge in [-0.1, -0.05) is 52.3 Å². The highest BCUT2D eigenvalue weighted by Gasteiger charge is 2.36. The van der Waals surface area contributed by atoms with Crippen LogP contribution < -0.4 is 19.7 Å². The molecule has 0 aliphatic carbocycles. The number of hydrogen-bond donors (Lipinski definition) is 1. The van der Waals surface area contributed by atoms with Crippen LogP contribution in [0.25, 0.3) is 6.08 Å². The summed E-state index contributed by atoms with van der Waals surface area (Å²) < 4.78 is 12.7. The summed E-state index contributed by atoms with van der Waals surface area (Å²) >= 11 is 3.33. The van der Waals surface area contributed by atoms with Gasteiger partial charge in [0.2, 0.25) is 0 Å². The van der Waals surface area contributed by atoms with Crippen molar-refractivity contribution in [3.63, 3.8) is 0 Å². The second kappa shape index (κ2) is 10.6. The molecule has 178 valence electrons. The number of barbiturate groups is 1. The van der Waals surface area contributed by atoms with E-state index in [1.807, 2.05) is 44.2 Å². The van der Waals surface area contributed by atoms with Gasteiger partial charge in [0.05, 0.1) is 12.3 Å². The van der Waals surface area contributed by atoms with E-state index in [9.17, 15) is 14.4 Å². The molecule has 35 heavy (non-hydrogen) atoms. The zero-order chi connectivity index (χ0) is 24.9. The summed E-state index contributed by atoms with van der Waals surface area (Å²) in [5, 5.41) is 2.23. The molecule has 1 atom stereocenters. The minimum atomic E-state index is -0.798. The van der Waals surface area contributed by atoms with E-state index in [2.05, 4.69) is 21.2 Å². The van der Waals surface area contributed by atoms with Crippen molar-refractivity contribution in [3.05, 3.63) is 94.0 Å². The third kappa shape index (κ3) is 5.44. The lowest BCUT2D eigenvalue weighted by molar-refractivity contribution is -0.122. The fraction of sp³-hybridized carbons (Fsp3) is 0.148. The van der Waals surface area contributed by atoms with Gasteiger partial charge in [-0.2, -0.15) is 0 Å². The summed E-state index contributed by atoms with van der Waals surface area (Å²) in [6.07, 6.45) is 1.22. The number of benzene rings is 3. The van der Waals surface area contributed by atoms with Crippen LogP contribution in [0.1, 0.15) is 31.1 Å². The molecule has 1 aliphatic rings. The van der Waals surface area contributed by atoms with Crippen LogP contribution in [0.3, 0.4) is 0 Å². The maximum atomic E-state index is 13.1. The number of carbonyl (C=O) groups is 3. The molecule has 0 radical (unpaired) electrons. The van der Waals surface area contributed by atoms with Crippen molar-refractivity contribution < 1.29 is 23.9 Å². The zero-order valence-corrected chi connectivity index (χ0v) is 20.7. The first-order valence-electron chi connectivity index (χ1n) is 11.0. The van der Waals surface area contributed by atoms with Crippen molar-refractivity contribution in [2.75, 3.05) is 11.5 Å². The molecular weight excluding hydrogens is 512 g/mol. The summed E-state index contributed by atoms with van der Waals surface area (Å²) in [6.45, 7) is 4.20. The Morgan fingerprint density at radius 2 is 1.69 bits per heavy atom. The number of imide groups is 2. The predicted octanol–water partition coefficient (Wildman–Crippen LogP) is 5.65. The standard InChI is InChI=1S/C27H23BrN2O5/c1-3-34-24-16-18(9-14-23(24)35-17(2)19-7-5-4-6-8-19)15-22-25(31)29-27(33)30(26(22)32)21-12-10-20(28)11-13-21/h4-17H,3H2,1-2H3,(H,29,31,33)/b22-15-. The van der Waals surface area contributed by atoms with Gasteiger partial charge in [-0.3, -0.25) is 14.9 Å². The fourth-order valence-electron chi connectivity index (χ4n) is 3.61. The summed E-state index contributed by atoms with van der Waals surface area (Å²) in [4.78, 5) is 39.0. The minimum Gasteiger partial charge on any atom is -0.490 e. The first kappa shape index (κ1) is 24.2. The number of rotatable bonds is 7. The Kier molecular flexibility index (Phi) is 7.31. The second-order valence-corrected chi connectivity index (χ2v) is 8.66. The average Bonchev–Trinajstić information content (AvgIpc) is 2.85. The maximum absolute atomic E-state index is 13.1. The van der Waals surface area contributed by atoms with Crippen molar-refractivity contribution in [3.8, 4) is 11.5 Å². The van der Waals surface area contributed by atoms with E-state index >= 15 is 0 Å². The third-order valence-corrected chi connectivity index (χ3v) is 5.87. The molecule has 0 saturated carbocycles. The van der Waals surface area contributed by atoms with E-state index in [1.165, 1.54) is 6.08 Å². The molecule has 1 unspecified atom stereocenters. The van der Waals surface area contributed by atoms with Crippen LogP contribution in [0.4, 0.5) is 10.5 Å². The molecule has 0 aromatic heterocycles. The Balaban J connectivity index is 1.63. The molecule has 0 bridgehead atoms. The largest absolute Gasteiger partial charge is 0.490 e. The van der Waals surface area contributed by atoms with E-state index in [1.54, 1.807) is 42.5 Å². The molecule has 4 amide bonds. The van der Waals surface area contributed by atoms with E-state index in [4.69, 9.17) is 9.47 Å². The predicted molar refractivity (Wildman–Crippen MR) is 136 cm³/mol. The van der Waals surface area contributed by atoms with Crippen LogP contribution in [0.15, 0.2) is 82.8 Å². The van der Waals surface area contributed by atoms with Gasteiger partial charge >= 0.3 is 6.03 Å². The van der Waals surface area contributed by atoms with Gasteiger partial charge in [0, 0.05) is 4.47 Å². The normalized spacial score (nSPS) is 15.7. The topological polar surface area (TPSA) is 84.9 Å². The second-order valence-electron chi connectivity index (χ2n) is 7.74. The number of ether oxygens (including phenoxy) is 2. The number of carbonyl (C=O) groups excluding carboxylic acids is 3. The lowest BCUT2D eigenvalue weighted by atomic mass is 10.1. The smallest absolute Gasteiger partial charge is 0.335 e. The van der Waals surface area contributed by atoms with E-state index in [-0.39, 0.29) is 11.7 Å². The Hall–Kier alpha value is -3.91. The fourth-order valence-corrected chi connectivity index (χ4v) is 3.88. The summed E-state index contributed by atoms with van der Waals surface area (Å²) in [5.74, 6) is -0.452. The van der Waals surface area contributed by atoms with Crippen molar-refractivity contribution >= 4 is 45.5 Å². The van der Waals surface area contributed by atoms with Crippen molar-refractivity contribution in [1.82, 2.24) is 5.32 Å². The number of urea groups is 1. The molecule has 1 saturated heterocycles. The summed E-state index contributed by atoms with van der Waals surface area (Å²) in [5.41, 5.74) is 1.75. The van der Waals surface area contributed by atoms with Crippen molar-refractivity contribution in [1.29, 1.82) is 0 Å². The van der Waals surface area contributed by atoms with Crippen LogP contribution in [0.2, 0.25) is 0 Å². The summed E-state index contributed by atoms with van der Waals surface area (Å²) in [6, 6.07) is 20.8. The van der Waals surface area contributed by atoms with Gasteiger partial charge in [0.1, 0.15) is 11.7 Å². The molecule has 1 aliphatic heterocycles. The Bertz CT molecular complexity index is 1290. The van der Waals surface area contributed by atoms with Crippen molar-refractivity contribution in [2.24, 2.45) is 0 Å². The first-order valence-corrected chi connectivity index (χ1v) is 11.8. The summed E-state index contributed by atoms with van der Waals surface area (Å²) in [7, 11) is 0. The van der Waals surface area contributed by atoms with Gasteiger partial charge in [-0.15, -0.1) is 0 Å². The van der Waals surface area contributed by atoms with Crippen LogP contribution in [0, 0.1) is 0 Å². The van der Waals surface area contributed by atoms with Crippen molar-refractivity contribution in [2.45, 2.75) is 20.0 Å². The number of nitrogens with one attached hydrogen (secondary N) is 1. The monoisotopic (exact) mass is 534 g/mol. The van der Waals surface area contributed by atoms with Crippen LogP contribution >= 0.6 is 15.9 Å². The molecule has 3 aromatic carbocycles. The lowest BCUT2D eigenvalue weighted by Crippen LogP contribution is -2.54. The van der Waals surface area contributed by atoms with E-state index < -0.39 is 17.8 Å². The average molecular weight is 535 g/mol. The van der Waals surface area contributed by atoms with Crippen LogP contribution in [-0.4, -0.2) is 24.5 Å². The molecule has 1 fully saturated rings. The van der Waals surface area contributed by atoms with E-state index in [0.717, 1.165) is 14.9 Å². The quantitative estimate of drug-likeness (QED) is 0.312. The van der Waals surface area contributed by atoms with Gasteiger partial charge in [0.25, 0.3) is 11.8 Å². The van der Waals surface area contributed by atoms with Crippen LogP contribution in [-0.2, 0) is 9.59 Å². The SMILES string of the molecule is CCOc1cc(/C=C2/C(=O)NC(=O)N(c3ccc(Br)cc3)C2=O)ccc1OC(C)c1ccccc1. The molecule has 1 N–H and O–H groups in total. The zero-order valence-electron chi connectivity index (χ0n) is 19.2. The number of anilines is 1. The third-order valence-electron chi connectivity index (χ3n) is 5.34. The number of amides is 4.